The van der Waals surface area contributed by atoms with Crippen LogP contribution in [-0.2, 0) is 4.79 Å². The van der Waals surface area contributed by atoms with Gasteiger partial charge in [0.2, 0.25) is 5.88 Å². The normalized spacial score (nSPS) is 17.0. The summed E-state index contributed by atoms with van der Waals surface area (Å²) in [4.78, 5) is 40.9. The third-order valence-electron chi connectivity index (χ3n) is 6.79. The Bertz CT molecular complexity index is 1380. The average molecular weight is 538 g/mol. The fourth-order valence-corrected chi connectivity index (χ4v) is 6.13. The van der Waals surface area contributed by atoms with Gasteiger partial charge in [-0.2, -0.15) is 5.26 Å². The van der Waals surface area contributed by atoms with Crippen LogP contribution in [0.2, 0.25) is 0 Å². The van der Waals surface area contributed by atoms with Crippen LogP contribution >= 0.6 is 24.0 Å². The molecule has 10 heteroatoms. The number of nitriles is 1. The Hall–Kier alpha value is -3.42. The summed E-state index contributed by atoms with van der Waals surface area (Å²) in [6.45, 7) is 1.75. The van der Waals surface area contributed by atoms with Gasteiger partial charge in [0.25, 0.3) is 11.5 Å². The van der Waals surface area contributed by atoms with Gasteiger partial charge in [-0.1, -0.05) is 49.0 Å². The Labute approximate surface area is 224 Å². The van der Waals surface area contributed by atoms with Crippen LogP contribution in [0.5, 0.6) is 11.6 Å². The van der Waals surface area contributed by atoms with Crippen LogP contribution in [-0.4, -0.2) is 44.2 Å². The van der Waals surface area contributed by atoms with Crippen molar-refractivity contribution < 1.29 is 19.4 Å². The Balaban J connectivity index is 1.47. The van der Waals surface area contributed by atoms with Gasteiger partial charge in [0.15, 0.2) is 5.78 Å². The van der Waals surface area contributed by atoms with Crippen molar-refractivity contribution in [3.05, 3.63) is 61.8 Å². The van der Waals surface area contributed by atoms with E-state index in [1.165, 1.54) is 28.2 Å². The molecule has 4 rings (SSSR count). The highest BCUT2D eigenvalue weighted by molar-refractivity contribution is 8.26. The van der Waals surface area contributed by atoms with Crippen LogP contribution in [0.25, 0.3) is 6.08 Å². The average Bonchev–Trinajstić information content (AvgIpc) is 3.49. The number of aromatic nitrogens is 1. The van der Waals surface area contributed by atoms with Crippen molar-refractivity contribution in [1.82, 2.24) is 9.47 Å². The van der Waals surface area contributed by atoms with E-state index in [1.54, 1.807) is 13.2 Å². The predicted molar refractivity (Wildman–Crippen MR) is 146 cm³/mol. The highest BCUT2D eigenvalue weighted by atomic mass is 32.2. The lowest BCUT2D eigenvalue weighted by Gasteiger charge is -2.20. The topological polar surface area (TPSA) is 113 Å². The molecule has 0 unspecified atom stereocenters. The number of carbonyl (C=O) groups excluding carboxylic acids is 2. The maximum atomic E-state index is 13.2. The molecule has 0 radical (unpaired) electrons. The van der Waals surface area contributed by atoms with Gasteiger partial charge < -0.3 is 9.84 Å². The molecule has 1 aliphatic carbocycles. The fourth-order valence-electron chi connectivity index (χ4n) is 4.82. The summed E-state index contributed by atoms with van der Waals surface area (Å²) in [6.07, 6.45) is 5.38. The molecule has 8 nitrogen and oxygen atoms in total. The van der Waals surface area contributed by atoms with Gasteiger partial charge >= 0.3 is 0 Å². The van der Waals surface area contributed by atoms with Crippen molar-refractivity contribution in [2.75, 3.05) is 13.7 Å². The molecule has 1 amide bonds. The van der Waals surface area contributed by atoms with Crippen molar-refractivity contribution in [2.24, 2.45) is 0 Å². The van der Waals surface area contributed by atoms with E-state index in [4.69, 9.17) is 17.0 Å². The fraction of sp³-hybridized carbons (Fsp3) is 0.370. The van der Waals surface area contributed by atoms with E-state index in [2.05, 4.69) is 0 Å². The summed E-state index contributed by atoms with van der Waals surface area (Å²) in [5, 5.41) is 20.5. The maximum Gasteiger partial charge on any atom is 0.271 e. The SMILES string of the molecule is COc1ccc(/C=C2\SC(=S)N(CCCC(=O)c3c(C)c(C#N)c(=O)n(C4CCCC4)c3O)C2=O)cc1. The van der Waals surface area contributed by atoms with E-state index in [9.17, 15) is 24.8 Å². The number of benzene rings is 1. The smallest absolute Gasteiger partial charge is 0.271 e. The van der Waals surface area contributed by atoms with Crippen LogP contribution in [0.1, 0.15) is 71.6 Å². The maximum absolute atomic E-state index is 13.2. The molecule has 2 fully saturated rings. The number of rotatable bonds is 8. The molecule has 0 atom stereocenters. The monoisotopic (exact) mass is 537 g/mol. The van der Waals surface area contributed by atoms with Crippen molar-refractivity contribution in [3.8, 4) is 17.7 Å². The Kier molecular flexibility index (Phi) is 8.15. The zero-order valence-electron chi connectivity index (χ0n) is 20.7. The molecule has 1 aromatic heterocycles. The van der Waals surface area contributed by atoms with Crippen molar-refractivity contribution in [1.29, 1.82) is 5.26 Å². The van der Waals surface area contributed by atoms with Crippen LogP contribution in [0.15, 0.2) is 34.0 Å². The molecule has 1 N–H and O–H groups in total. The van der Waals surface area contributed by atoms with Gasteiger partial charge in [-0.3, -0.25) is 23.9 Å². The minimum absolute atomic E-state index is 0.00726. The molecular formula is C27H27N3O5S2. The number of ketones is 1. The van der Waals surface area contributed by atoms with Crippen molar-refractivity contribution in [3.63, 3.8) is 0 Å². The van der Waals surface area contributed by atoms with Gasteiger partial charge in [-0.05, 0) is 55.5 Å². The number of hydrogen-bond donors (Lipinski definition) is 1. The first kappa shape index (κ1) is 26.6. The van der Waals surface area contributed by atoms with E-state index in [-0.39, 0.29) is 53.3 Å². The van der Waals surface area contributed by atoms with Gasteiger partial charge in [-0.15, -0.1) is 0 Å². The standard InChI is InChI=1S/C27H27N3O5S2/c1-16-20(15-28)24(32)30(18-6-3-4-7-18)26(34)23(16)21(31)8-5-13-29-25(33)22(37-27(29)36)14-17-9-11-19(35-2)12-10-17/h9-12,14,18,34H,3-8,13H2,1-2H3/b22-14-. The summed E-state index contributed by atoms with van der Waals surface area (Å²) in [7, 11) is 1.59. The number of nitrogens with zero attached hydrogens (tertiary/aromatic N) is 3. The highest BCUT2D eigenvalue weighted by Crippen LogP contribution is 2.35. The second-order valence-corrected chi connectivity index (χ2v) is 10.7. The lowest BCUT2D eigenvalue weighted by Crippen LogP contribution is -2.30. The predicted octanol–water partition coefficient (Wildman–Crippen LogP) is 4.72. The number of thiocarbonyl (C=S) groups is 1. The summed E-state index contributed by atoms with van der Waals surface area (Å²) in [5.74, 6) is -0.251. The summed E-state index contributed by atoms with van der Waals surface area (Å²) in [6, 6.07) is 9.00. The Morgan fingerprint density at radius 2 is 1.95 bits per heavy atom. The molecule has 1 saturated heterocycles. The van der Waals surface area contributed by atoms with Crippen LogP contribution in [0, 0.1) is 18.3 Å². The minimum atomic E-state index is -0.554. The van der Waals surface area contributed by atoms with Gasteiger partial charge in [-0.25, -0.2) is 0 Å². The molecule has 2 aliphatic rings. The molecule has 0 bridgehead atoms. The van der Waals surface area contributed by atoms with E-state index >= 15 is 0 Å². The second kappa shape index (κ2) is 11.3. The number of pyridine rings is 1. The number of carbonyl (C=O) groups is 2. The lowest BCUT2D eigenvalue weighted by atomic mass is 9.98. The Morgan fingerprint density at radius 3 is 2.57 bits per heavy atom. The van der Waals surface area contributed by atoms with Gasteiger partial charge in [0.1, 0.15) is 21.7 Å². The lowest BCUT2D eigenvalue weighted by molar-refractivity contribution is -0.122. The number of aromatic hydroxyl groups is 1. The summed E-state index contributed by atoms with van der Waals surface area (Å²) >= 11 is 6.61. The number of thioether (sulfide) groups is 1. The number of methoxy groups -OCH3 is 1. The summed E-state index contributed by atoms with van der Waals surface area (Å²) in [5.41, 5.74) is 0.369. The first-order valence-corrected chi connectivity index (χ1v) is 13.3. The zero-order valence-corrected chi connectivity index (χ0v) is 22.3. The van der Waals surface area contributed by atoms with Crippen molar-refractivity contribution >= 4 is 46.1 Å². The van der Waals surface area contributed by atoms with Crippen LogP contribution in [0.4, 0.5) is 0 Å². The molecule has 1 aliphatic heterocycles. The quantitative estimate of drug-likeness (QED) is 0.292. The van der Waals surface area contributed by atoms with Crippen LogP contribution in [0.3, 0.4) is 0 Å². The second-order valence-electron chi connectivity index (χ2n) is 9.06. The van der Waals surface area contributed by atoms with E-state index in [0.717, 1.165) is 24.2 Å². The van der Waals surface area contributed by atoms with Crippen molar-refractivity contribution in [2.45, 2.75) is 51.5 Å². The molecule has 37 heavy (non-hydrogen) atoms. The molecular weight excluding hydrogens is 510 g/mol. The zero-order chi connectivity index (χ0) is 26.7. The van der Waals surface area contributed by atoms with E-state index < -0.39 is 5.56 Å². The first-order valence-electron chi connectivity index (χ1n) is 12.1. The Morgan fingerprint density at radius 1 is 1.27 bits per heavy atom. The number of hydrogen-bond acceptors (Lipinski definition) is 8. The largest absolute Gasteiger partial charge is 0.497 e. The van der Waals surface area contributed by atoms with Crippen LogP contribution < -0.4 is 10.3 Å². The molecule has 1 aromatic carbocycles. The van der Waals surface area contributed by atoms with Gasteiger partial charge in [0.05, 0.1) is 17.6 Å². The first-order chi connectivity index (χ1) is 17.8. The molecule has 2 heterocycles. The summed E-state index contributed by atoms with van der Waals surface area (Å²) < 4.78 is 6.79. The third-order valence-corrected chi connectivity index (χ3v) is 8.17. The molecule has 2 aromatic rings. The molecule has 192 valence electrons. The van der Waals surface area contributed by atoms with E-state index in [1.807, 2.05) is 30.3 Å². The third kappa shape index (κ3) is 5.33. The number of Topliss-reactive ketones (excluding diaryl/α,β-unsaturated/α-hetero) is 1. The number of amides is 1. The highest BCUT2D eigenvalue weighted by Gasteiger charge is 2.32. The minimum Gasteiger partial charge on any atom is -0.497 e. The molecule has 1 saturated carbocycles. The number of ether oxygens (including phenoxy) is 1. The molecule has 0 spiro atoms. The van der Waals surface area contributed by atoms with E-state index in [0.29, 0.717) is 28.5 Å². The van der Waals surface area contributed by atoms with Gasteiger partial charge in [0, 0.05) is 19.0 Å².